The lowest BCUT2D eigenvalue weighted by molar-refractivity contribution is -0.119. The Morgan fingerprint density at radius 1 is 0.971 bits per heavy atom. The number of carbonyl (C=O) groups excluding carboxylic acids is 1. The smallest absolute Gasteiger partial charge is 0.271 e. The number of hydrogen-bond acceptors (Lipinski definition) is 6. The molecule has 34 heavy (non-hydrogen) atoms. The van der Waals surface area contributed by atoms with Crippen LogP contribution in [0.1, 0.15) is 16.7 Å². The highest BCUT2D eigenvalue weighted by molar-refractivity contribution is 8.13. The largest absolute Gasteiger partial charge is 0.493 e. The Kier molecular flexibility index (Phi) is 6.30. The lowest BCUT2D eigenvalue weighted by atomic mass is 10.0. The molecule has 2 aliphatic rings. The predicted octanol–water partition coefficient (Wildman–Crippen LogP) is 5.49. The monoisotopic (exact) mass is 491 g/mol. The van der Waals surface area contributed by atoms with Gasteiger partial charge in [-0.1, -0.05) is 71.9 Å². The first kappa shape index (κ1) is 22.5. The van der Waals surface area contributed by atoms with Crippen LogP contribution in [0.2, 0.25) is 5.02 Å². The van der Waals surface area contributed by atoms with Gasteiger partial charge < -0.3 is 9.47 Å². The Labute approximate surface area is 207 Å². The number of ether oxygens (including phenoxy) is 2. The molecule has 0 fully saturated rings. The van der Waals surface area contributed by atoms with Gasteiger partial charge in [0, 0.05) is 28.8 Å². The first-order valence-electron chi connectivity index (χ1n) is 10.8. The highest BCUT2D eigenvalue weighted by Crippen LogP contribution is 2.41. The Morgan fingerprint density at radius 2 is 1.68 bits per heavy atom. The SMILES string of the molecule is COc1cc2c(cc1OC)C1=NC(=O)C(Cc3ccccc3)N1C(SCc1ccccc1Cl)=N2. The van der Waals surface area contributed by atoms with E-state index in [0.29, 0.717) is 45.4 Å². The van der Waals surface area contributed by atoms with E-state index in [4.69, 9.17) is 26.1 Å². The van der Waals surface area contributed by atoms with Gasteiger partial charge >= 0.3 is 0 Å². The number of rotatable bonds is 6. The summed E-state index contributed by atoms with van der Waals surface area (Å²) in [5.74, 6) is 2.13. The molecule has 0 radical (unpaired) electrons. The van der Waals surface area contributed by atoms with Crippen molar-refractivity contribution < 1.29 is 14.3 Å². The zero-order chi connectivity index (χ0) is 23.7. The Morgan fingerprint density at radius 3 is 2.41 bits per heavy atom. The molecule has 0 aromatic heterocycles. The fraction of sp³-hybridized carbons (Fsp3) is 0.192. The summed E-state index contributed by atoms with van der Waals surface area (Å²) in [6.45, 7) is 0. The molecule has 0 bridgehead atoms. The van der Waals surface area contributed by atoms with E-state index < -0.39 is 6.04 Å². The second kappa shape index (κ2) is 9.52. The maximum absolute atomic E-state index is 13.1. The van der Waals surface area contributed by atoms with Gasteiger partial charge in [-0.2, -0.15) is 4.99 Å². The number of thioether (sulfide) groups is 1. The third-order valence-corrected chi connectivity index (χ3v) is 7.16. The minimum Gasteiger partial charge on any atom is -0.493 e. The standard InChI is InChI=1S/C26H22ClN3O3S/c1-32-22-13-18-20(14-23(22)33-2)28-26(34-15-17-10-6-7-11-19(17)27)30-21(25(31)29-24(18)30)12-16-8-4-3-5-9-16/h3-11,13-14,21H,12,15H2,1-2H3. The number of hydrogen-bond donors (Lipinski definition) is 0. The summed E-state index contributed by atoms with van der Waals surface area (Å²) in [7, 11) is 3.17. The number of carbonyl (C=O) groups is 1. The molecule has 1 atom stereocenters. The normalized spacial score (nSPS) is 16.5. The summed E-state index contributed by atoms with van der Waals surface area (Å²) in [4.78, 5) is 24.5. The Bertz CT molecular complexity index is 1310. The molecule has 0 N–H and O–H groups in total. The van der Waals surface area contributed by atoms with Crippen LogP contribution in [-0.4, -0.2) is 42.1 Å². The number of nitrogens with zero attached hydrogens (tertiary/aromatic N) is 3. The number of methoxy groups -OCH3 is 2. The molecule has 2 heterocycles. The molecule has 0 saturated carbocycles. The van der Waals surface area contributed by atoms with Crippen molar-refractivity contribution in [3.63, 3.8) is 0 Å². The predicted molar refractivity (Wildman–Crippen MR) is 137 cm³/mol. The van der Waals surface area contributed by atoms with E-state index in [9.17, 15) is 4.79 Å². The number of halogens is 1. The molecule has 172 valence electrons. The maximum Gasteiger partial charge on any atom is 0.271 e. The van der Waals surface area contributed by atoms with Crippen LogP contribution in [0, 0.1) is 0 Å². The van der Waals surface area contributed by atoms with Crippen molar-refractivity contribution in [2.24, 2.45) is 9.98 Å². The van der Waals surface area contributed by atoms with Crippen LogP contribution >= 0.6 is 23.4 Å². The first-order chi connectivity index (χ1) is 16.6. The molecular weight excluding hydrogens is 470 g/mol. The van der Waals surface area contributed by atoms with Crippen molar-refractivity contribution in [3.8, 4) is 11.5 Å². The van der Waals surface area contributed by atoms with Gasteiger partial charge in [0.25, 0.3) is 5.91 Å². The average molecular weight is 492 g/mol. The van der Waals surface area contributed by atoms with Crippen molar-refractivity contribution in [2.75, 3.05) is 14.2 Å². The second-order valence-electron chi connectivity index (χ2n) is 7.85. The summed E-state index contributed by atoms with van der Waals surface area (Å²) in [6, 6.07) is 20.8. The van der Waals surface area contributed by atoms with Gasteiger partial charge in [0.05, 0.1) is 19.9 Å². The summed E-state index contributed by atoms with van der Waals surface area (Å²) in [5, 5.41) is 1.40. The maximum atomic E-state index is 13.1. The molecule has 6 nitrogen and oxygen atoms in total. The fourth-order valence-corrected chi connectivity index (χ4v) is 5.41. The Balaban J connectivity index is 1.56. The molecule has 8 heteroatoms. The minimum absolute atomic E-state index is 0.187. The highest BCUT2D eigenvalue weighted by Gasteiger charge is 2.42. The number of amidine groups is 2. The van der Waals surface area contributed by atoms with E-state index in [2.05, 4.69) is 4.99 Å². The van der Waals surface area contributed by atoms with E-state index in [1.54, 1.807) is 14.2 Å². The molecule has 0 saturated heterocycles. The van der Waals surface area contributed by atoms with Gasteiger partial charge in [-0.3, -0.25) is 9.69 Å². The van der Waals surface area contributed by atoms with Gasteiger partial charge in [-0.05, 0) is 23.3 Å². The summed E-state index contributed by atoms with van der Waals surface area (Å²) in [6.07, 6.45) is 0.529. The summed E-state index contributed by atoms with van der Waals surface area (Å²) >= 11 is 7.92. The van der Waals surface area contributed by atoms with E-state index >= 15 is 0 Å². The molecule has 3 aromatic carbocycles. The van der Waals surface area contributed by atoms with Crippen molar-refractivity contribution in [3.05, 3.63) is 88.4 Å². The molecule has 3 aromatic rings. The van der Waals surface area contributed by atoms with Gasteiger partial charge in [-0.25, -0.2) is 4.99 Å². The molecular formula is C26H22ClN3O3S. The third kappa shape index (κ3) is 4.17. The molecule has 2 aliphatic heterocycles. The minimum atomic E-state index is -0.476. The fourth-order valence-electron chi connectivity index (χ4n) is 4.08. The van der Waals surface area contributed by atoms with Gasteiger partial charge in [-0.15, -0.1) is 0 Å². The van der Waals surface area contributed by atoms with E-state index in [1.807, 2.05) is 71.6 Å². The average Bonchev–Trinajstić information content (AvgIpc) is 3.19. The molecule has 5 rings (SSSR count). The van der Waals surface area contributed by atoms with Crippen LogP contribution in [0.3, 0.4) is 0 Å². The van der Waals surface area contributed by atoms with E-state index in [1.165, 1.54) is 11.8 Å². The van der Waals surface area contributed by atoms with Crippen LogP contribution in [0.15, 0.2) is 76.7 Å². The molecule has 0 spiro atoms. The molecule has 0 aliphatic carbocycles. The number of fused-ring (bicyclic) bond motifs is 3. The van der Waals surface area contributed by atoms with Crippen LogP contribution < -0.4 is 9.47 Å². The van der Waals surface area contributed by atoms with Crippen molar-refractivity contribution in [1.82, 2.24) is 4.90 Å². The quantitative estimate of drug-likeness (QED) is 0.456. The van der Waals surface area contributed by atoms with Crippen molar-refractivity contribution >= 4 is 46.0 Å². The van der Waals surface area contributed by atoms with E-state index in [-0.39, 0.29) is 5.91 Å². The Hall–Kier alpha value is -3.29. The van der Waals surface area contributed by atoms with E-state index in [0.717, 1.165) is 16.7 Å². The second-order valence-corrected chi connectivity index (χ2v) is 9.20. The summed E-state index contributed by atoms with van der Waals surface area (Å²) in [5.41, 5.74) is 3.48. The lowest BCUT2D eigenvalue weighted by Crippen LogP contribution is -2.44. The first-order valence-corrected chi connectivity index (χ1v) is 12.1. The number of aliphatic imine (C=N–C) groups is 2. The van der Waals surface area contributed by atoms with Crippen molar-refractivity contribution in [1.29, 1.82) is 0 Å². The zero-order valence-electron chi connectivity index (χ0n) is 18.7. The van der Waals surface area contributed by atoms with Crippen LogP contribution in [0.5, 0.6) is 11.5 Å². The highest BCUT2D eigenvalue weighted by atomic mass is 35.5. The van der Waals surface area contributed by atoms with Gasteiger partial charge in [0.15, 0.2) is 16.7 Å². The molecule has 1 unspecified atom stereocenters. The number of amides is 1. The number of benzene rings is 3. The topological polar surface area (TPSA) is 63.5 Å². The van der Waals surface area contributed by atoms with Gasteiger partial charge in [0.2, 0.25) is 0 Å². The zero-order valence-corrected chi connectivity index (χ0v) is 20.3. The molecule has 1 amide bonds. The van der Waals surface area contributed by atoms with Crippen LogP contribution in [0.4, 0.5) is 5.69 Å². The van der Waals surface area contributed by atoms with Crippen LogP contribution in [0.25, 0.3) is 0 Å². The third-order valence-electron chi connectivity index (χ3n) is 5.79. The van der Waals surface area contributed by atoms with Crippen molar-refractivity contribution in [2.45, 2.75) is 18.2 Å². The lowest BCUT2D eigenvalue weighted by Gasteiger charge is -2.31. The summed E-state index contributed by atoms with van der Waals surface area (Å²) < 4.78 is 11.0. The van der Waals surface area contributed by atoms with Crippen LogP contribution in [-0.2, 0) is 17.0 Å². The van der Waals surface area contributed by atoms with Gasteiger partial charge in [0.1, 0.15) is 11.9 Å².